The number of rotatable bonds is 11. The Balaban J connectivity index is 1.61. The highest BCUT2D eigenvalue weighted by Gasteiger charge is 2.19. The predicted octanol–water partition coefficient (Wildman–Crippen LogP) is 3.16. The van der Waals surface area contributed by atoms with E-state index in [1.807, 2.05) is 23.3 Å². The minimum atomic E-state index is -3.95. The van der Waals surface area contributed by atoms with Gasteiger partial charge in [0.2, 0.25) is 0 Å². The minimum Gasteiger partial charge on any atom is -0.337 e. The van der Waals surface area contributed by atoms with Gasteiger partial charge in [0.1, 0.15) is 0 Å². The van der Waals surface area contributed by atoms with Crippen LogP contribution >= 0.6 is 0 Å². The largest absolute Gasteiger partial charge is 0.337 e. The molecule has 2 rings (SSSR count). The van der Waals surface area contributed by atoms with Gasteiger partial charge in [-0.25, -0.2) is 35.9 Å². The van der Waals surface area contributed by atoms with Crippen LogP contribution in [0.15, 0.2) is 46.2 Å². The summed E-state index contributed by atoms with van der Waals surface area (Å²) in [6.07, 6.45) is 2.69. The number of carbonyl (C=O) groups is 2. The fraction of sp³-hybridized carbons (Fsp3) is 0.417. The van der Waals surface area contributed by atoms with Crippen LogP contribution in [0.5, 0.6) is 0 Å². The summed E-state index contributed by atoms with van der Waals surface area (Å²) in [7, 11) is -7.90. The molecule has 0 heterocycles. The molecular weight excluding hydrogens is 504 g/mol. The summed E-state index contributed by atoms with van der Waals surface area (Å²) in [5, 5.41) is 5.03. The molecule has 0 aliphatic heterocycles. The molecule has 10 nitrogen and oxygen atoms in total. The lowest BCUT2D eigenvalue weighted by Gasteiger charge is -2.10. The highest BCUT2D eigenvalue weighted by molar-refractivity contribution is 7.90. The molecule has 198 valence electrons. The van der Waals surface area contributed by atoms with Crippen molar-refractivity contribution in [3.63, 3.8) is 0 Å². The summed E-state index contributed by atoms with van der Waals surface area (Å²) in [5.74, 6) is 0. The zero-order valence-electron chi connectivity index (χ0n) is 21.0. The van der Waals surface area contributed by atoms with Crippen molar-refractivity contribution in [1.29, 1.82) is 0 Å². The highest BCUT2D eigenvalue weighted by atomic mass is 32.2. The maximum Gasteiger partial charge on any atom is 0.328 e. The van der Waals surface area contributed by atoms with Gasteiger partial charge in [-0.05, 0) is 87.1 Å². The van der Waals surface area contributed by atoms with E-state index in [2.05, 4.69) is 10.6 Å². The van der Waals surface area contributed by atoms with E-state index in [1.165, 1.54) is 24.3 Å². The molecule has 0 radical (unpaired) electrons. The van der Waals surface area contributed by atoms with Crippen LogP contribution in [0.2, 0.25) is 0 Å². The summed E-state index contributed by atoms with van der Waals surface area (Å²) in [5.41, 5.74) is 3.54. The van der Waals surface area contributed by atoms with E-state index < -0.39 is 32.1 Å². The second-order valence-corrected chi connectivity index (χ2v) is 12.0. The molecule has 0 aliphatic rings. The quantitative estimate of drug-likeness (QED) is 0.323. The smallest absolute Gasteiger partial charge is 0.328 e. The van der Waals surface area contributed by atoms with Crippen LogP contribution < -0.4 is 20.1 Å². The van der Waals surface area contributed by atoms with Gasteiger partial charge in [0.25, 0.3) is 20.0 Å². The number of hydrogen-bond acceptors (Lipinski definition) is 6. The van der Waals surface area contributed by atoms with Gasteiger partial charge in [-0.15, -0.1) is 0 Å². The van der Waals surface area contributed by atoms with Crippen molar-refractivity contribution in [3.8, 4) is 0 Å². The molecule has 4 amide bonds. The number of urea groups is 2. The van der Waals surface area contributed by atoms with Crippen molar-refractivity contribution in [3.05, 3.63) is 58.7 Å². The molecule has 0 unspecified atom stereocenters. The molecule has 0 spiro atoms. The number of unbranched alkanes of at least 4 members (excludes halogenated alkanes) is 3. The summed E-state index contributed by atoms with van der Waals surface area (Å²) in [6, 6.07) is 7.70. The third-order valence-electron chi connectivity index (χ3n) is 5.71. The Labute approximate surface area is 213 Å². The first-order chi connectivity index (χ1) is 16.8. The van der Waals surface area contributed by atoms with Crippen LogP contribution in [0.25, 0.3) is 0 Å². The number of carbonyl (C=O) groups excluding carboxylic acids is 2. The zero-order valence-corrected chi connectivity index (χ0v) is 22.6. The third kappa shape index (κ3) is 8.83. The lowest BCUT2D eigenvalue weighted by Crippen LogP contribution is -2.40. The molecule has 0 saturated carbocycles. The van der Waals surface area contributed by atoms with Gasteiger partial charge >= 0.3 is 12.1 Å². The molecule has 0 fully saturated rings. The zero-order chi connectivity index (χ0) is 26.9. The van der Waals surface area contributed by atoms with Crippen LogP contribution in [0.3, 0.4) is 0 Å². The maximum atomic E-state index is 12.3. The fourth-order valence-corrected chi connectivity index (χ4v) is 5.23. The lowest BCUT2D eigenvalue weighted by molar-refractivity contribution is 0.244. The second kappa shape index (κ2) is 12.7. The number of hydrogen-bond donors (Lipinski definition) is 4. The first-order valence-corrected chi connectivity index (χ1v) is 14.5. The monoisotopic (exact) mass is 538 g/mol. The average Bonchev–Trinajstić information content (AvgIpc) is 2.78. The number of sulfonamides is 2. The van der Waals surface area contributed by atoms with E-state index in [-0.39, 0.29) is 22.9 Å². The Hall–Kier alpha value is -3.12. The summed E-state index contributed by atoms with van der Waals surface area (Å²) in [6.45, 7) is 7.91. The van der Waals surface area contributed by atoms with Crippen LogP contribution in [-0.4, -0.2) is 42.0 Å². The van der Waals surface area contributed by atoms with E-state index in [4.69, 9.17) is 0 Å². The van der Waals surface area contributed by atoms with Crippen LogP contribution in [0.4, 0.5) is 9.59 Å². The molecule has 0 bridgehead atoms. The van der Waals surface area contributed by atoms with Crippen molar-refractivity contribution in [1.82, 2.24) is 20.1 Å². The number of aryl methyl sites for hydroxylation is 4. The topological polar surface area (TPSA) is 151 Å². The summed E-state index contributed by atoms with van der Waals surface area (Å²) >= 11 is 0. The molecule has 4 N–H and O–H groups in total. The second-order valence-electron chi connectivity index (χ2n) is 8.63. The summed E-state index contributed by atoms with van der Waals surface area (Å²) < 4.78 is 53.3. The van der Waals surface area contributed by atoms with Crippen LogP contribution in [0.1, 0.15) is 47.9 Å². The van der Waals surface area contributed by atoms with Crippen LogP contribution in [0, 0.1) is 27.7 Å². The van der Waals surface area contributed by atoms with Crippen molar-refractivity contribution in [2.75, 3.05) is 13.1 Å². The summed E-state index contributed by atoms with van der Waals surface area (Å²) in [4.78, 5) is 23.9. The van der Waals surface area contributed by atoms with E-state index in [9.17, 15) is 26.4 Å². The lowest BCUT2D eigenvalue weighted by atomic mass is 10.1. The first kappa shape index (κ1) is 29.1. The number of amides is 4. The average molecular weight is 539 g/mol. The normalized spacial score (nSPS) is 11.6. The molecule has 12 heteroatoms. The number of nitrogens with one attached hydrogen (secondary N) is 4. The molecule has 36 heavy (non-hydrogen) atoms. The Kier molecular flexibility index (Phi) is 10.3. The molecule has 0 saturated heterocycles. The third-order valence-corrected chi connectivity index (χ3v) is 8.36. The van der Waals surface area contributed by atoms with E-state index in [0.29, 0.717) is 12.8 Å². The van der Waals surface area contributed by atoms with E-state index in [0.717, 1.165) is 35.1 Å². The van der Waals surface area contributed by atoms with Crippen molar-refractivity contribution in [2.45, 2.75) is 63.2 Å². The minimum absolute atomic E-state index is 0.0269. The van der Waals surface area contributed by atoms with Gasteiger partial charge in [0, 0.05) is 13.1 Å². The fourth-order valence-electron chi connectivity index (χ4n) is 3.20. The SMILES string of the molecule is Cc1ccc(S(=O)(=O)NC(=O)NCCCCCCNC(=O)NS(=O)(=O)c2ccc(C)c(C)c2)cc1C. The van der Waals surface area contributed by atoms with Gasteiger partial charge in [-0.2, -0.15) is 0 Å². The standard InChI is InChI=1S/C24H34N4O6S2/c1-17-9-11-21(15-19(17)3)35(31,32)27-23(29)25-13-7-5-6-8-14-26-24(30)28-36(33,34)22-12-10-18(2)20(4)16-22/h9-12,15-16H,5-8,13-14H2,1-4H3,(H2,25,27,29)(H2,26,28,30). The van der Waals surface area contributed by atoms with E-state index in [1.54, 1.807) is 26.0 Å². The predicted molar refractivity (Wildman–Crippen MR) is 138 cm³/mol. The van der Waals surface area contributed by atoms with Gasteiger partial charge in [0.05, 0.1) is 9.79 Å². The van der Waals surface area contributed by atoms with Gasteiger partial charge < -0.3 is 10.6 Å². The van der Waals surface area contributed by atoms with Crippen molar-refractivity contribution >= 4 is 32.1 Å². The molecule has 0 aliphatic carbocycles. The Morgan fingerprint density at radius 3 is 1.28 bits per heavy atom. The Morgan fingerprint density at radius 2 is 0.944 bits per heavy atom. The molecule has 2 aromatic rings. The first-order valence-electron chi connectivity index (χ1n) is 11.6. The molecule has 2 aromatic carbocycles. The number of benzene rings is 2. The van der Waals surface area contributed by atoms with E-state index >= 15 is 0 Å². The van der Waals surface area contributed by atoms with Crippen LogP contribution in [-0.2, 0) is 20.0 Å². The molecular formula is C24H34N4O6S2. The van der Waals surface area contributed by atoms with Gasteiger partial charge in [-0.1, -0.05) is 25.0 Å². The Bertz CT molecular complexity index is 1210. The van der Waals surface area contributed by atoms with Crippen molar-refractivity contribution < 1.29 is 26.4 Å². The highest BCUT2D eigenvalue weighted by Crippen LogP contribution is 2.15. The maximum absolute atomic E-state index is 12.3. The van der Waals surface area contributed by atoms with Gasteiger partial charge in [-0.3, -0.25) is 0 Å². The molecule has 0 atom stereocenters. The van der Waals surface area contributed by atoms with Gasteiger partial charge in [0.15, 0.2) is 0 Å². The Morgan fingerprint density at radius 1 is 0.583 bits per heavy atom. The molecule has 0 aromatic heterocycles. The van der Waals surface area contributed by atoms with Crippen molar-refractivity contribution in [2.24, 2.45) is 0 Å².